The smallest absolute Gasteiger partial charge is 0.267 e. The van der Waals surface area contributed by atoms with Crippen molar-refractivity contribution in [1.82, 2.24) is 5.01 Å². The summed E-state index contributed by atoms with van der Waals surface area (Å²) in [5, 5.41) is 5.59. The fourth-order valence-electron chi connectivity index (χ4n) is 1.47. The fraction of sp³-hybridized carbons (Fsp3) is 0.273. The molecule has 1 amide bonds. The van der Waals surface area contributed by atoms with Crippen molar-refractivity contribution in [1.29, 1.82) is 0 Å². The Morgan fingerprint density at radius 1 is 1.43 bits per heavy atom. The van der Waals surface area contributed by atoms with E-state index in [1.807, 2.05) is 37.3 Å². The van der Waals surface area contributed by atoms with Gasteiger partial charge in [0.1, 0.15) is 0 Å². The highest BCUT2D eigenvalue weighted by molar-refractivity contribution is 5.95. The molecule has 1 heterocycles. The van der Waals surface area contributed by atoms with Crippen molar-refractivity contribution < 1.29 is 4.79 Å². The molecule has 0 aliphatic carbocycles. The van der Waals surface area contributed by atoms with Crippen LogP contribution in [-0.2, 0) is 0 Å². The van der Waals surface area contributed by atoms with Crippen LogP contribution in [0.4, 0.5) is 0 Å². The Labute approximate surface area is 83.0 Å². The molecular formula is C11H12N2O. The summed E-state index contributed by atoms with van der Waals surface area (Å²) in [5.41, 5.74) is 0.693. The minimum atomic E-state index is -0.0214. The highest BCUT2D eigenvalue weighted by Gasteiger charge is 2.23. The predicted molar refractivity (Wildman–Crippen MR) is 55.2 cm³/mol. The Kier molecular flexibility index (Phi) is 2.31. The second-order valence-electron chi connectivity index (χ2n) is 3.40. The van der Waals surface area contributed by atoms with Crippen LogP contribution in [0, 0.1) is 0 Å². The Morgan fingerprint density at radius 2 is 2.14 bits per heavy atom. The van der Waals surface area contributed by atoms with E-state index in [0.717, 1.165) is 6.42 Å². The largest absolute Gasteiger partial charge is 0.274 e. The summed E-state index contributed by atoms with van der Waals surface area (Å²) in [6, 6.07) is 9.41. The monoisotopic (exact) mass is 188 g/mol. The molecule has 0 bridgehead atoms. The summed E-state index contributed by atoms with van der Waals surface area (Å²) in [5.74, 6) is -0.0214. The second kappa shape index (κ2) is 3.62. The van der Waals surface area contributed by atoms with Crippen LogP contribution >= 0.6 is 0 Å². The molecule has 0 saturated carbocycles. The van der Waals surface area contributed by atoms with Crippen LogP contribution in [0.25, 0.3) is 0 Å². The number of hydrogen-bond donors (Lipinski definition) is 0. The minimum absolute atomic E-state index is 0.0214. The molecule has 1 aromatic carbocycles. The van der Waals surface area contributed by atoms with Gasteiger partial charge in [-0.2, -0.15) is 5.10 Å². The van der Waals surface area contributed by atoms with Gasteiger partial charge >= 0.3 is 0 Å². The first-order chi connectivity index (χ1) is 6.79. The van der Waals surface area contributed by atoms with Crippen LogP contribution in [0.5, 0.6) is 0 Å². The maximum Gasteiger partial charge on any atom is 0.274 e. The number of carbonyl (C=O) groups excluding carboxylic acids is 1. The number of carbonyl (C=O) groups is 1. The summed E-state index contributed by atoms with van der Waals surface area (Å²) >= 11 is 0. The molecule has 1 aromatic rings. The quantitative estimate of drug-likeness (QED) is 0.662. The van der Waals surface area contributed by atoms with E-state index < -0.39 is 0 Å². The van der Waals surface area contributed by atoms with Crippen molar-refractivity contribution >= 4 is 12.1 Å². The zero-order valence-corrected chi connectivity index (χ0v) is 8.05. The van der Waals surface area contributed by atoms with Gasteiger partial charge < -0.3 is 0 Å². The van der Waals surface area contributed by atoms with Gasteiger partial charge in [0.25, 0.3) is 5.91 Å². The maximum atomic E-state index is 11.9. The average Bonchev–Trinajstić information content (AvgIpc) is 2.65. The molecule has 1 aliphatic heterocycles. The van der Waals surface area contributed by atoms with Gasteiger partial charge in [-0.3, -0.25) is 4.79 Å². The molecule has 1 aliphatic rings. The third-order valence-corrected chi connectivity index (χ3v) is 2.30. The lowest BCUT2D eigenvalue weighted by Crippen LogP contribution is -2.30. The SMILES string of the molecule is CC1CC=NN1C(=O)c1ccccc1. The van der Waals surface area contributed by atoms with E-state index >= 15 is 0 Å². The van der Waals surface area contributed by atoms with E-state index in [0.29, 0.717) is 5.56 Å². The Hall–Kier alpha value is -1.64. The fourth-order valence-corrected chi connectivity index (χ4v) is 1.47. The van der Waals surface area contributed by atoms with Gasteiger partial charge in [-0.25, -0.2) is 5.01 Å². The lowest BCUT2D eigenvalue weighted by molar-refractivity contribution is 0.0725. The molecule has 0 radical (unpaired) electrons. The maximum absolute atomic E-state index is 11.9. The molecule has 0 N–H and O–H groups in total. The predicted octanol–water partition coefficient (Wildman–Crippen LogP) is 1.91. The number of nitrogens with zero attached hydrogens (tertiary/aromatic N) is 2. The molecule has 1 atom stereocenters. The first-order valence-electron chi connectivity index (χ1n) is 4.70. The highest BCUT2D eigenvalue weighted by atomic mass is 16.2. The van der Waals surface area contributed by atoms with Crippen LogP contribution in [-0.4, -0.2) is 23.2 Å². The first-order valence-corrected chi connectivity index (χ1v) is 4.70. The molecule has 0 fully saturated rings. The minimum Gasteiger partial charge on any atom is -0.267 e. The summed E-state index contributed by atoms with van der Waals surface area (Å²) in [7, 11) is 0. The molecular weight excluding hydrogens is 176 g/mol. The van der Waals surface area contributed by atoms with Gasteiger partial charge in [0, 0.05) is 18.2 Å². The van der Waals surface area contributed by atoms with Gasteiger partial charge in [-0.1, -0.05) is 18.2 Å². The van der Waals surface area contributed by atoms with Crippen LogP contribution in [0.3, 0.4) is 0 Å². The molecule has 1 unspecified atom stereocenters. The lowest BCUT2D eigenvalue weighted by Gasteiger charge is -2.17. The zero-order valence-electron chi connectivity index (χ0n) is 8.05. The summed E-state index contributed by atoms with van der Waals surface area (Å²) in [4.78, 5) is 11.9. The Balaban J connectivity index is 2.20. The first kappa shape index (κ1) is 8.94. The molecule has 72 valence electrons. The van der Waals surface area contributed by atoms with Crippen LogP contribution in [0.2, 0.25) is 0 Å². The second-order valence-corrected chi connectivity index (χ2v) is 3.40. The van der Waals surface area contributed by atoms with Crippen LogP contribution in [0.1, 0.15) is 23.7 Å². The van der Waals surface area contributed by atoms with Gasteiger partial charge in [0.2, 0.25) is 0 Å². The number of hydrogen-bond acceptors (Lipinski definition) is 2. The van der Waals surface area contributed by atoms with E-state index in [4.69, 9.17) is 0 Å². The number of hydrazone groups is 1. The standard InChI is InChI=1S/C11H12N2O/c1-9-7-8-12-13(9)11(14)10-5-3-2-4-6-10/h2-6,8-9H,7H2,1H3. The van der Waals surface area contributed by atoms with E-state index in [-0.39, 0.29) is 11.9 Å². The van der Waals surface area contributed by atoms with E-state index in [1.165, 1.54) is 5.01 Å². The molecule has 0 spiro atoms. The molecule has 3 nitrogen and oxygen atoms in total. The van der Waals surface area contributed by atoms with Gasteiger partial charge in [0.05, 0.1) is 6.04 Å². The van der Waals surface area contributed by atoms with Crippen molar-refractivity contribution in [2.24, 2.45) is 5.10 Å². The van der Waals surface area contributed by atoms with Gasteiger partial charge in [-0.05, 0) is 19.1 Å². The molecule has 0 saturated heterocycles. The zero-order chi connectivity index (χ0) is 9.97. The number of rotatable bonds is 1. The number of amides is 1. The van der Waals surface area contributed by atoms with Crippen LogP contribution in [0.15, 0.2) is 35.4 Å². The van der Waals surface area contributed by atoms with Crippen molar-refractivity contribution in [3.8, 4) is 0 Å². The van der Waals surface area contributed by atoms with E-state index in [2.05, 4.69) is 5.10 Å². The van der Waals surface area contributed by atoms with E-state index in [9.17, 15) is 4.79 Å². The van der Waals surface area contributed by atoms with Crippen LogP contribution < -0.4 is 0 Å². The van der Waals surface area contributed by atoms with Crippen molar-refractivity contribution in [3.63, 3.8) is 0 Å². The van der Waals surface area contributed by atoms with Crippen molar-refractivity contribution in [2.45, 2.75) is 19.4 Å². The topological polar surface area (TPSA) is 32.7 Å². The summed E-state index contributed by atoms with van der Waals surface area (Å²) in [6.07, 6.45) is 2.63. The Bertz CT molecular complexity index is 359. The molecule has 14 heavy (non-hydrogen) atoms. The normalized spacial score (nSPS) is 20.1. The third-order valence-electron chi connectivity index (χ3n) is 2.30. The van der Waals surface area contributed by atoms with E-state index in [1.54, 1.807) is 6.21 Å². The third kappa shape index (κ3) is 1.53. The van der Waals surface area contributed by atoms with Crippen molar-refractivity contribution in [3.05, 3.63) is 35.9 Å². The highest BCUT2D eigenvalue weighted by Crippen LogP contribution is 2.14. The van der Waals surface area contributed by atoms with Crippen molar-refractivity contribution in [2.75, 3.05) is 0 Å². The summed E-state index contributed by atoms with van der Waals surface area (Å²) < 4.78 is 0. The van der Waals surface area contributed by atoms with Gasteiger partial charge in [-0.15, -0.1) is 0 Å². The van der Waals surface area contributed by atoms with Gasteiger partial charge in [0.15, 0.2) is 0 Å². The number of benzene rings is 1. The Morgan fingerprint density at radius 3 is 2.71 bits per heavy atom. The molecule has 2 rings (SSSR count). The summed E-state index contributed by atoms with van der Waals surface area (Å²) in [6.45, 7) is 1.99. The average molecular weight is 188 g/mol. The molecule has 0 aromatic heterocycles. The lowest BCUT2D eigenvalue weighted by atomic mass is 10.2. The molecule has 3 heteroatoms.